The molecule has 0 bridgehead atoms. The van der Waals surface area contributed by atoms with Crippen LogP contribution in [-0.2, 0) is 0 Å². The van der Waals surface area contributed by atoms with E-state index < -0.39 is 0 Å². The van der Waals surface area contributed by atoms with E-state index >= 15 is 0 Å². The molecule has 0 saturated heterocycles. The Balaban J connectivity index is 1.42. The molecule has 4 rings (SSSR count). The lowest BCUT2D eigenvalue weighted by Crippen LogP contribution is -2.32. The molecule has 3 aromatic carbocycles. The van der Waals surface area contributed by atoms with Crippen LogP contribution in [0.15, 0.2) is 73.1 Å². The van der Waals surface area contributed by atoms with Gasteiger partial charge in [0, 0.05) is 11.1 Å². The number of rotatable bonds is 6. The summed E-state index contributed by atoms with van der Waals surface area (Å²) < 4.78 is 0. The monoisotopic (exact) mass is 427 g/mol. The predicted molar refractivity (Wildman–Crippen MR) is 124 cm³/mol. The van der Waals surface area contributed by atoms with Gasteiger partial charge in [0.1, 0.15) is 12.0 Å². The van der Waals surface area contributed by atoms with Crippen LogP contribution in [0.4, 0.5) is 17.3 Å². The van der Waals surface area contributed by atoms with E-state index in [-0.39, 0.29) is 29.1 Å². The average Bonchev–Trinajstić information content (AvgIpc) is 2.82. The van der Waals surface area contributed by atoms with Crippen LogP contribution in [0.25, 0.3) is 10.8 Å². The maximum atomic E-state index is 12.7. The molecule has 0 saturated carbocycles. The van der Waals surface area contributed by atoms with Crippen LogP contribution >= 0.6 is 0 Å². The zero-order valence-electron chi connectivity index (χ0n) is 17.2. The summed E-state index contributed by atoms with van der Waals surface area (Å²) >= 11 is 0. The van der Waals surface area contributed by atoms with Crippen molar-refractivity contribution in [1.82, 2.24) is 20.8 Å². The number of aromatic nitrogens is 2. The molecule has 0 unspecified atom stereocenters. The molecule has 0 radical (unpaired) electrons. The lowest BCUT2D eigenvalue weighted by atomic mass is 10.0. The first-order valence-electron chi connectivity index (χ1n) is 9.80. The molecule has 6 N–H and O–H groups in total. The number of anilines is 3. The Morgan fingerprint density at radius 2 is 1.41 bits per heavy atom. The van der Waals surface area contributed by atoms with E-state index in [1.54, 1.807) is 18.2 Å². The van der Waals surface area contributed by atoms with E-state index in [9.17, 15) is 9.59 Å². The quantitative estimate of drug-likeness (QED) is 0.299. The molecule has 9 nitrogen and oxygen atoms in total. The van der Waals surface area contributed by atoms with Crippen molar-refractivity contribution < 1.29 is 9.59 Å². The molecule has 0 atom stereocenters. The van der Waals surface area contributed by atoms with Gasteiger partial charge in [0.15, 0.2) is 11.6 Å². The summed E-state index contributed by atoms with van der Waals surface area (Å²) in [6.45, 7) is 1.94. The van der Waals surface area contributed by atoms with Gasteiger partial charge < -0.3 is 5.73 Å². The molecule has 1 heterocycles. The maximum absolute atomic E-state index is 12.7. The van der Waals surface area contributed by atoms with Crippen LogP contribution in [0.5, 0.6) is 0 Å². The molecule has 32 heavy (non-hydrogen) atoms. The molecule has 0 aliphatic heterocycles. The highest BCUT2D eigenvalue weighted by Crippen LogP contribution is 2.22. The SMILES string of the molecule is Cc1ccc(C(=O)NNc2ncnc(NNC(=O)c3cccc4ccccc34)c2N)cc1. The van der Waals surface area contributed by atoms with Crippen LogP contribution in [0.1, 0.15) is 26.3 Å². The van der Waals surface area contributed by atoms with E-state index in [2.05, 4.69) is 31.7 Å². The first kappa shape index (κ1) is 20.6. The fourth-order valence-corrected chi connectivity index (χ4v) is 3.09. The Labute approximate surface area is 184 Å². The molecule has 160 valence electrons. The maximum Gasteiger partial charge on any atom is 0.270 e. The number of nitrogen functional groups attached to an aromatic ring is 1. The Morgan fingerprint density at radius 3 is 2.12 bits per heavy atom. The molecular weight excluding hydrogens is 406 g/mol. The normalized spacial score (nSPS) is 10.4. The molecule has 0 spiro atoms. The van der Waals surface area contributed by atoms with Gasteiger partial charge in [-0.25, -0.2) is 9.97 Å². The molecule has 4 aromatic rings. The summed E-state index contributed by atoms with van der Waals surface area (Å²) in [6.07, 6.45) is 1.25. The van der Waals surface area contributed by atoms with Crippen LogP contribution < -0.4 is 27.4 Å². The van der Waals surface area contributed by atoms with Crippen LogP contribution in [0.3, 0.4) is 0 Å². The van der Waals surface area contributed by atoms with E-state index in [1.165, 1.54) is 6.33 Å². The van der Waals surface area contributed by atoms with Gasteiger partial charge in [-0.15, -0.1) is 0 Å². The summed E-state index contributed by atoms with van der Waals surface area (Å²) in [7, 11) is 0. The molecule has 2 amide bonds. The summed E-state index contributed by atoms with van der Waals surface area (Å²) in [5.41, 5.74) is 18.8. The van der Waals surface area contributed by atoms with E-state index in [1.807, 2.05) is 55.5 Å². The summed E-state index contributed by atoms with van der Waals surface area (Å²) in [6, 6.07) is 20.2. The van der Waals surface area contributed by atoms with Crippen molar-refractivity contribution in [2.45, 2.75) is 6.92 Å². The zero-order chi connectivity index (χ0) is 22.5. The van der Waals surface area contributed by atoms with E-state index in [0.29, 0.717) is 11.1 Å². The smallest absolute Gasteiger partial charge is 0.270 e. The van der Waals surface area contributed by atoms with Crippen LogP contribution in [0, 0.1) is 6.92 Å². The van der Waals surface area contributed by atoms with Gasteiger partial charge in [0.05, 0.1) is 0 Å². The topological polar surface area (TPSA) is 134 Å². The lowest BCUT2D eigenvalue weighted by Gasteiger charge is -2.14. The van der Waals surface area contributed by atoms with E-state index in [4.69, 9.17) is 5.73 Å². The number of hydrazine groups is 2. The second kappa shape index (κ2) is 9.00. The van der Waals surface area contributed by atoms with Gasteiger partial charge >= 0.3 is 0 Å². The number of hydrogen-bond acceptors (Lipinski definition) is 7. The van der Waals surface area contributed by atoms with Gasteiger partial charge in [-0.05, 0) is 35.9 Å². The van der Waals surface area contributed by atoms with Crippen LogP contribution in [-0.4, -0.2) is 21.8 Å². The van der Waals surface area contributed by atoms with Crippen molar-refractivity contribution in [3.8, 4) is 0 Å². The number of nitrogens with one attached hydrogen (secondary N) is 4. The van der Waals surface area contributed by atoms with Crippen LogP contribution in [0.2, 0.25) is 0 Å². The van der Waals surface area contributed by atoms with Crippen molar-refractivity contribution in [1.29, 1.82) is 0 Å². The van der Waals surface area contributed by atoms with Crippen molar-refractivity contribution in [3.63, 3.8) is 0 Å². The number of carbonyl (C=O) groups excluding carboxylic acids is 2. The third kappa shape index (κ3) is 4.41. The first-order valence-corrected chi connectivity index (χ1v) is 9.80. The number of fused-ring (bicyclic) bond motifs is 1. The second-order valence-electron chi connectivity index (χ2n) is 7.04. The third-order valence-corrected chi connectivity index (χ3v) is 4.82. The average molecular weight is 427 g/mol. The number of nitrogens with zero attached hydrogens (tertiary/aromatic N) is 2. The predicted octanol–water partition coefficient (Wildman–Crippen LogP) is 3.03. The minimum absolute atomic E-state index is 0.120. The standard InChI is InChI=1S/C23H21N7O2/c1-14-9-11-16(12-10-14)22(31)29-27-20-19(24)21(26-13-25-20)28-30-23(32)18-8-4-6-15-5-2-3-7-17(15)18/h2-13H,24H2,1H3,(H,29,31)(H,30,32)(H2,25,26,27,28). The molecule has 9 heteroatoms. The van der Waals surface area contributed by atoms with Crippen molar-refractivity contribution in [2.24, 2.45) is 0 Å². The Kier molecular flexibility index (Phi) is 5.80. The summed E-state index contributed by atoms with van der Waals surface area (Å²) in [5.74, 6) is -0.327. The highest BCUT2D eigenvalue weighted by Gasteiger charge is 2.13. The molecule has 0 aliphatic rings. The van der Waals surface area contributed by atoms with Crippen molar-refractivity contribution in [2.75, 3.05) is 16.6 Å². The minimum Gasteiger partial charge on any atom is -0.393 e. The number of amides is 2. The van der Waals surface area contributed by atoms with Gasteiger partial charge in [-0.1, -0.05) is 54.1 Å². The summed E-state index contributed by atoms with van der Waals surface area (Å²) in [5, 5.41) is 1.78. The molecular formula is C23H21N7O2. The number of nitrogens with two attached hydrogens (primary N) is 1. The molecule has 1 aromatic heterocycles. The fraction of sp³-hybridized carbons (Fsp3) is 0.0435. The number of aryl methyl sites for hydroxylation is 1. The zero-order valence-corrected chi connectivity index (χ0v) is 17.2. The lowest BCUT2D eigenvalue weighted by molar-refractivity contribution is 0.0955. The number of hydrogen-bond donors (Lipinski definition) is 5. The minimum atomic E-state index is -0.346. The van der Waals surface area contributed by atoms with Crippen molar-refractivity contribution in [3.05, 3.63) is 89.7 Å². The largest absolute Gasteiger partial charge is 0.393 e. The highest BCUT2D eigenvalue weighted by molar-refractivity contribution is 6.07. The Morgan fingerprint density at radius 1 is 0.781 bits per heavy atom. The highest BCUT2D eigenvalue weighted by atomic mass is 16.2. The van der Waals surface area contributed by atoms with Gasteiger partial charge in [0.2, 0.25) is 0 Å². The Hall–Kier alpha value is -4.66. The van der Waals surface area contributed by atoms with Gasteiger partial charge in [0.25, 0.3) is 11.8 Å². The third-order valence-electron chi connectivity index (χ3n) is 4.82. The molecule has 0 fully saturated rings. The number of benzene rings is 3. The van der Waals surface area contributed by atoms with Crippen molar-refractivity contribution >= 4 is 39.9 Å². The second-order valence-corrected chi connectivity index (χ2v) is 7.04. The summed E-state index contributed by atoms with van der Waals surface area (Å²) in [4.78, 5) is 33.0. The van der Waals surface area contributed by atoms with Gasteiger partial charge in [-0.3, -0.25) is 31.3 Å². The van der Waals surface area contributed by atoms with E-state index in [0.717, 1.165) is 16.3 Å². The molecule has 0 aliphatic carbocycles. The number of carbonyl (C=O) groups is 2. The Bertz CT molecular complexity index is 1280. The van der Waals surface area contributed by atoms with Gasteiger partial charge in [-0.2, -0.15) is 0 Å². The first-order chi connectivity index (χ1) is 15.5. The fourth-order valence-electron chi connectivity index (χ4n) is 3.09.